The molecule has 1 saturated heterocycles. The summed E-state index contributed by atoms with van der Waals surface area (Å²) in [5.74, 6) is -1.90. The number of hydrogen-bond acceptors (Lipinski definition) is 14. The van der Waals surface area contributed by atoms with Gasteiger partial charge in [-0.15, -0.1) is 0 Å². The molecule has 1 aromatic carbocycles. The van der Waals surface area contributed by atoms with Crippen molar-refractivity contribution in [1.82, 2.24) is 25.2 Å². The lowest BCUT2D eigenvalue weighted by Crippen LogP contribution is -2.60. The number of pyridine rings is 1. The number of nitrogens with one attached hydrogen (secondary N) is 3. The number of likely N-dealkylation sites (tertiary alicyclic amines) is 1. The highest BCUT2D eigenvalue weighted by molar-refractivity contribution is 7.85. The Morgan fingerprint density at radius 3 is 2.15 bits per heavy atom. The first-order valence-corrected chi connectivity index (χ1v) is 23.5. The van der Waals surface area contributed by atoms with Crippen LogP contribution in [0.3, 0.4) is 0 Å². The number of alkyl carbamates (subject to hydrolysis) is 1. The molecule has 3 aliphatic carbocycles. The zero-order valence-corrected chi connectivity index (χ0v) is 38.0. The van der Waals surface area contributed by atoms with Gasteiger partial charge in [0.15, 0.2) is 0 Å². The number of aromatic nitrogens is 1. The van der Waals surface area contributed by atoms with Crippen molar-refractivity contribution in [3.05, 3.63) is 29.3 Å². The van der Waals surface area contributed by atoms with Crippen molar-refractivity contribution in [3.63, 3.8) is 0 Å². The molecule has 0 bridgehead atoms. The van der Waals surface area contributed by atoms with Crippen molar-refractivity contribution in [2.24, 2.45) is 16.5 Å². The van der Waals surface area contributed by atoms with E-state index in [1.807, 2.05) is 18.6 Å². The lowest BCUT2D eigenvalue weighted by atomic mass is 9.85. The Hall–Kier alpha value is -4.02. The molecule has 4 fully saturated rings. The van der Waals surface area contributed by atoms with E-state index < -0.39 is 85.3 Å². The van der Waals surface area contributed by atoms with E-state index in [2.05, 4.69) is 24.9 Å². The molecular formula is C39H57ClN6O13S2. The topological polar surface area (TPSA) is 261 Å². The summed E-state index contributed by atoms with van der Waals surface area (Å²) in [5, 5.41) is 11.0. The third kappa shape index (κ3) is 13.2. The summed E-state index contributed by atoms with van der Waals surface area (Å²) in [6.07, 6.45) is 1.26. The number of nitrogens with two attached hydrogens (primary N) is 1. The molecule has 61 heavy (non-hydrogen) atoms. The minimum absolute atomic E-state index is 0.00714. The highest BCUT2D eigenvalue weighted by atomic mass is 35.5. The van der Waals surface area contributed by atoms with Gasteiger partial charge in [-0.05, 0) is 83.3 Å². The van der Waals surface area contributed by atoms with Crippen LogP contribution in [-0.4, -0.2) is 105 Å². The third-order valence-corrected chi connectivity index (χ3v) is 11.9. The number of carbonyl (C=O) groups excluding carboxylic acids is 4. The van der Waals surface area contributed by atoms with Gasteiger partial charge in [-0.1, -0.05) is 51.8 Å². The van der Waals surface area contributed by atoms with E-state index in [1.54, 1.807) is 65.8 Å². The van der Waals surface area contributed by atoms with Crippen LogP contribution in [-0.2, 0) is 48.1 Å². The number of ether oxygens (including phenoxy) is 3. The van der Waals surface area contributed by atoms with Gasteiger partial charge in [0.1, 0.15) is 35.1 Å². The molecule has 1 aromatic heterocycles. The van der Waals surface area contributed by atoms with E-state index >= 15 is 0 Å². The molecule has 0 spiro atoms. The SMILES string of the molecule is CCOc1cc(O[C@@H]2C[C@@H](C(=O)N[C@]3(C(=O)NS(=O)(=O)OC4CC4)C[C@H]3CC)N(C(=O)[C@@H](NC(=O)OC(C)(C)C)C(C)(C)C)C2)c2cccc(Cl)c2n1.NS(=O)(=O)OC1CC1. The first kappa shape index (κ1) is 48.0. The summed E-state index contributed by atoms with van der Waals surface area (Å²) >= 11 is 6.49. The smallest absolute Gasteiger partial charge is 0.408 e. The lowest BCUT2D eigenvalue weighted by molar-refractivity contribution is -0.143. The number of hydrogen-bond donors (Lipinski definition) is 4. The molecule has 0 radical (unpaired) electrons. The van der Waals surface area contributed by atoms with Gasteiger partial charge in [0, 0.05) is 17.9 Å². The van der Waals surface area contributed by atoms with Crippen LogP contribution in [0.5, 0.6) is 11.6 Å². The van der Waals surface area contributed by atoms with Crippen molar-refractivity contribution >= 4 is 66.9 Å². The molecule has 19 nitrogen and oxygen atoms in total. The van der Waals surface area contributed by atoms with Crippen LogP contribution in [0.4, 0.5) is 4.79 Å². The molecule has 0 unspecified atom stereocenters. The summed E-state index contributed by atoms with van der Waals surface area (Å²) in [7, 11) is -8.07. The maximum atomic E-state index is 14.5. The Labute approximate surface area is 361 Å². The monoisotopic (exact) mass is 916 g/mol. The van der Waals surface area contributed by atoms with E-state index in [-0.39, 0.29) is 37.3 Å². The Bertz CT molecular complexity index is 2210. The quantitative estimate of drug-likeness (QED) is 0.198. The summed E-state index contributed by atoms with van der Waals surface area (Å²) in [4.78, 5) is 61.2. The van der Waals surface area contributed by atoms with E-state index in [0.717, 1.165) is 12.8 Å². The Balaban J connectivity index is 0.000000788. The van der Waals surface area contributed by atoms with Crippen LogP contribution in [0.25, 0.3) is 10.9 Å². The molecule has 4 aliphatic rings. The second-order valence-electron chi connectivity index (χ2n) is 17.7. The molecule has 1 aliphatic heterocycles. The Morgan fingerprint density at radius 2 is 1.62 bits per heavy atom. The molecule has 6 rings (SSSR count). The maximum Gasteiger partial charge on any atom is 0.408 e. The Morgan fingerprint density at radius 1 is 0.984 bits per heavy atom. The highest BCUT2D eigenvalue weighted by Gasteiger charge is 2.62. The summed E-state index contributed by atoms with van der Waals surface area (Å²) in [6, 6.07) is 4.52. The standard InChI is InChI=1S/C36H50ClN5O10S.C3H7NO3S/c1-9-20-18-36(20,32(45)41-53(47,48)52-21-14-15-21)40-30(43)25-16-22(50-26-17-27(49-10-2)38-28-23(26)12-11-13-24(28)37)19-42(25)31(44)29(34(3,4)5)39-33(46)51-35(6,7)8;4-8(5,6)7-3-1-2-3/h11-13,17,20-22,25,29H,9-10,14-16,18-19H2,1-8H3,(H,39,46)(H,40,43)(H,41,45);3H,1-2H2,(H2,4,5,6)/t20-,22-,25+,29-,36-;/m1./s1. The molecule has 340 valence electrons. The van der Waals surface area contributed by atoms with Crippen molar-refractivity contribution < 1.29 is 58.6 Å². The van der Waals surface area contributed by atoms with Crippen molar-refractivity contribution in [1.29, 1.82) is 0 Å². The van der Waals surface area contributed by atoms with E-state index in [1.165, 1.54) is 4.90 Å². The minimum atomic E-state index is -4.41. The van der Waals surface area contributed by atoms with Gasteiger partial charge in [0.2, 0.25) is 17.7 Å². The summed E-state index contributed by atoms with van der Waals surface area (Å²) < 4.78 is 74.2. The number of nitrogens with zero attached hydrogens (tertiary/aromatic N) is 2. The Kier molecular flexibility index (Phi) is 14.5. The first-order valence-electron chi connectivity index (χ1n) is 20.2. The minimum Gasteiger partial charge on any atom is -0.488 e. The van der Waals surface area contributed by atoms with Crippen LogP contribution in [0.1, 0.15) is 100 Å². The molecular weight excluding hydrogens is 860 g/mol. The number of fused-ring (bicyclic) bond motifs is 1. The van der Waals surface area contributed by atoms with Gasteiger partial charge >= 0.3 is 26.7 Å². The largest absolute Gasteiger partial charge is 0.488 e. The van der Waals surface area contributed by atoms with Gasteiger partial charge in [-0.2, -0.15) is 16.8 Å². The number of para-hydroxylation sites is 1. The predicted octanol–water partition coefficient (Wildman–Crippen LogP) is 3.77. The molecule has 3 saturated carbocycles. The fourth-order valence-corrected chi connectivity index (χ4v) is 8.61. The average Bonchev–Trinajstić information content (AvgIpc) is 4.07. The lowest BCUT2D eigenvalue weighted by Gasteiger charge is -2.36. The van der Waals surface area contributed by atoms with Crippen LogP contribution in [0, 0.1) is 11.3 Å². The normalized spacial score (nSPS) is 23.2. The molecule has 4 amide bonds. The van der Waals surface area contributed by atoms with Crippen molar-refractivity contribution in [3.8, 4) is 11.6 Å². The number of rotatable bonds is 15. The van der Waals surface area contributed by atoms with Gasteiger partial charge in [0.05, 0.1) is 35.9 Å². The van der Waals surface area contributed by atoms with Crippen LogP contribution in [0.15, 0.2) is 24.3 Å². The summed E-state index contributed by atoms with van der Waals surface area (Å²) in [5.41, 5.74) is -2.77. The van der Waals surface area contributed by atoms with Crippen molar-refractivity contribution in [2.75, 3.05) is 13.2 Å². The first-order chi connectivity index (χ1) is 28.2. The van der Waals surface area contributed by atoms with Crippen molar-refractivity contribution in [2.45, 2.75) is 142 Å². The second-order valence-corrected chi connectivity index (χ2v) is 20.6. The van der Waals surface area contributed by atoms with Gasteiger partial charge < -0.3 is 29.7 Å². The maximum absolute atomic E-state index is 14.5. The summed E-state index contributed by atoms with van der Waals surface area (Å²) in [6.45, 7) is 14.3. The van der Waals surface area contributed by atoms with E-state index in [9.17, 15) is 36.0 Å². The van der Waals surface area contributed by atoms with Crippen LogP contribution >= 0.6 is 11.6 Å². The number of benzene rings is 1. The molecule has 2 heterocycles. The third-order valence-electron chi connectivity index (χ3n) is 10.1. The molecule has 22 heteroatoms. The predicted molar refractivity (Wildman–Crippen MR) is 223 cm³/mol. The van der Waals surface area contributed by atoms with Crippen LogP contribution < -0.4 is 30.0 Å². The fourth-order valence-electron chi connectivity index (χ4n) is 6.81. The van der Waals surface area contributed by atoms with Gasteiger partial charge in [-0.25, -0.2) is 19.6 Å². The zero-order valence-electron chi connectivity index (χ0n) is 35.6. The highest BCUT2D eigenvalue weighted by Crippen LogP contribution is 2.47. The van der Waals surface area contributed by atoms with Crippen LogP contribution in [0.2, 0.25) is 5.02 Å². The fraction of sp³-hybridized carbons (Fsp3) is 0.667. The molecule has 5 atom stereocenters. The van der Waals surface area contributed by atoms with E-state index in [0.29, 0.717) is 47.5 Å². The number of halogens is 1. The van der Waals surface area contributed by atoms with Gasteiger partial charge in [-0.3, -0.25) is 22.7 Å². The molecule has 5 N–H and O–H groups in total. The number of carbonyl (C=O) groups is 4. The number of amides is 4. The average molecular weight is 918 g/mol. The molecule has 2 aromatic rings. The van der Waals surface area contributed by atoms with E-state index in [4.69, 9.17) is 30.0 Å². The second kappa shape index (κ2) is 18.4. The van der Waals surface area contributed by atoms with Gasteiger partial charge in [0.25, 0.3) is 5.91 Å². The zero-order chi connectivity index (χ0) is 45.3.